The summed E-state index contributed by atoms with van der Waals surface area (Å²) in [7, 11) is 0. The third kappa shape index (κ3) is 4.46. The summed E-state index contributed by atoms with van der Waals surface area (Å²) in [5.41, 5.74) is 4.61. The SMILES string of the molecule is O=C(c1ccc(Cl)cc1)N1N=C(c2c(-c3ccccc3)c3cc(Br)ccc3[nH]c2=O)C[C@@H]1c1ccccc1. The normalized spacial score (nSPS) is 15.1. The molecular formula is C31H21BrClN3O2. The molecule has 5 aromatic rings. The summed E-state index contributed by atoms with van der Waals surface area (Å²) < 4.78 is 0.898. The third-order valence-corrected chi connectivity index (χ3v) is 7.47. The number of nitrogens with zero attached hydrogens (tertiary/aromatic N) is 2. The van der Waals surface area contributed by atoms with Gasteiger partial charge in [-0.1, -0.05) is 88.2 Å². The number of benzene rings is 4. The second-order valence-corrected chi connectivity index (χ2v) is 10.4. The van der Waals surface area contributed by atoms with Gasteiger partial charge < -0.3 is 4.98 Å². The summed E-state index contributed by atoms with van der Waals surface area (Å²) in [6.07, 6.45) is 0.395. The Morgan fingerprint density at radius 2 is 1.58 bits per heavy atom. The lowest BCUT2D eigenvalue weighted by molar-refractivity contribution is 0.0711. The van der Waals surface area contributed by atoms with E-state index in [9.17, 15) is 9.59 Å². The molecule has 0 unspecified atom stereocenters. The van der Waals surface area contributed by atoms with Crippen LogP contribution in [0.5, 0.6) is 0 Å². The Bertz CT molecular complexity index is 1750. The van der Waals surface area contributed by atoms with Crippen LogP contribution in [0.1, 0.15) is 33.9 Å². The largest absolute Gasteiger partial charge is 0.321 e. The van der Waals surface area contributed by atoms with Gasteiger partial charge >= 0.3 is 0 Å². The Labute approximate surface area is 232 Å². The lowest BCUT2D eigenvalue weighted by Gasteiger charge is -2.22. The van der Waals surface area contributed by atoms with E-state index in [1.165, 1.54) is 5.01 Å². The number of carbonyl (C=O) groups is 1. The molecule has 0 saturated heterocycles. The molecule has 2 heterocycles. The van der Waals surface area contributed by atoms with Crippen molar-refractivity contribution in [2.75, 3.05) is 0 Å². The second-order valence-electron chi connectivity index (χ2n) is 9.09. The molecule has 1 N–H and O–H groups in total. The van der Waals surface area contributed by atoms with Gasteiger partial charge in [0.1, 0.15) is 0 Å². The van der Waals surface area contributed by atoms with Gasteiger partial charge in [-0.15, -0.1) is 0 Å². The lowest BCUT2D eigenvalue weighted by atomic mass is 9.91. The number of hydrogen-bond acceptors (Lipinski definition) is 3. The van der Waals surface area contributed by atoms with Gasteiger partial charge in [-0.25, -0.2) is 5.01 Å². The summed E-state index contributed by atoms with van der Waals surface area (Å²) in [5, 5.41) is 7.76. The molecule has 0 bridgehead atoms. The van der Waals surface area contributed by atoms with Crippen LogP contribution in [-0.2, 0) is 0 Å². The predicted octanol–water partition coefficient (Wildman–Crippen LogP) is 7.60. The molecule has 1 aromatic heterocycles. The van der Waals surface area contributed by atoms with E-state index < -0.39 is 0 Å². The Hall–Kier alpha value is -4.00. The highest BCUT2D eigenvalue weighted by Gasteiger charge is 2.35. The topological polar surface area (TPSA) is 65.5 Å². The highest BCUT2D eigenvalue weighted by atomic mass is 79.9. The average molecular weight is 583 g/mol. The molecule has 0 spiro atoms. The highest BCUT2D eigenvalue weighted by molar-refractivity contribution is 9.10. The number of aromatic nitrogens is 1. The Morgan fingerprint density at radius 1 is 0.895 bits per heavy atom. The van der Waals surface area contributed by atoms with Gasteiger partial charge in [-0.3, -0.25) is 9.59 Å². The number of amides is 1. The molecule has 0 fully saturated rings. The molecule has 4 aromatic carbocycles. The van der Waals surface area contributed by atoms with Crippen LogP contribution in [0, 0.1) is 0 Å². The fourth-order valence-corrected chi connectivity index (χ4v) is 5.44. The van der Waals surface area contributed by atoms with Crippen molar-refractivity contribution in [3.63, 3.8) is 0 Å². The fraction of sp³-hybridized carbons (Fsp3) is 0.0645. The van der Waals surface area contributed by atoms with E-state index in [2.05, 4.69) is 20.9 Å². The first-order valence-corrected chi connectivity index (χ1v) is 13.3. The van der Waals surface area contributed by atoms with Crippen molar-refractivity contribution in [1.82, 2.24) is 9.99 Å². The van der Waals surface area contributed by atoms with Crippen molar-refractivity contribution in [1.29, 1.82) is 0 Å². The quantitative estimate of drug-likeness (QED) is 0.237. The number of H-pyrrole nitrogens is 1. The molecule has 1 amide bonds. The molecule has 1 aliphatic heterocycles. The molecule has 0 aliphatic carbocycles. The van der Waals surface area contributed by atoms with Crippen LogP contribution in [-0.4, -0.2) is 21.6 Å². The van der Waals surface area contributed by atoms with Crippen LogP contribution in [0.4, 0.5) is 0 Å². The number of nitrogens with one attached hydrogen (secondary N) is 1. The van der Waals surface area contributed by atoms with E-state index in [-0.39, 0.29) is 17.5 Å². The molecule has 1 atom stereocenters. The Balaban J connectivity index is 1.57. The minimum atomic E-state index is -0.365. The van der Waals surface area contributed by atoms with E-state index in [0.29, 0.717) is 28.3 Å². The van der Waals surface area contributed by atoms with Crippen LogP contribution in [0.25, 0.3) is 22.0 Å². The zero-order chi connectivity index (χ0) is 26.2. The van der Waals surface area contributed by atoms with Gasteiger partial charge in [0.05, 0.1) is 17.3 Å². The number of fused-ring (bicyclic) bond motifs is 1. The van der Waals surface area contributed by atoms with Gasteiger partial charge in [0.2, 0.25) is 0 Å². The number of hydrogen-bond donors (Lipinski definition) is 1. The number of rotatable bonds is 4. The molecule has 0 saturated carbocycles. The number of hydrazone groups is 1. The van der Waals surface area contributed by atoms with E-state index >= 15 is 0 Å². The smallest absolute Gasteiger partial charge is 0.274 e. The van der Waals surface area contributed by atoms with Crippen LogP contribution >= 0.6 is 27.5 Å². The fourth-order valence-electron chi connectivity index (χ4n) is 4.95. The Morgan fingerprint density at radius 3 is 2.29 bits per heavy atom. The summed E-state index contributed by atoms with van der Waals surface area (Å²) in [6, 6.07) is 31.8. The maximum absolute atomic E-state index is 13.7. The van der Waals surface area contributed by atoms with Gasteiger partial charge in [-0.05, 0) is 53.6 Å². The number of halogens is 2. The van der Waals surface area contributed by atoms with Gasteiger partial charge in [0.25, 0.3) is 11.5 Å². The van der Waals surface area contributed by atoms with Crippen molar-refractivity contribution in [2.24, 2.45) is 5.10 Å². The maximum atomic E-state index is 13.7. The average Bonchev–Trinajstić information content (AvgIpc) is 3.38. The van der Waals surface area contributed by atoms with Gasteiger partial charge in [-0.2, -0.15) is 5.10 Å². The van der Waals surface area contributed by atoms with Crippen LogP contribution in [0.15, 0.2) is 117 Å². The van der Waals surface area contributed by atoms with Gasteiger partial charge in [0.15, 0.2) is 0 Å². The minimum Gasteiger partial charge on any atom is -0.321 e. The highest BCUT2D eigenvalue weighted by Crippen LogP contribution is 2.38. The Kier molecular flexibility index (Phi) is 6.44. The van der Waals surface area contributed by atoms with Crippen molar-refractivity contribution < 1.29 is 4.79 Å². The minimum absolute atomic E-state index is 0.245. The first kappa shape index (κ1) is 24.3. The zero-order valence-electron chi connectivity index (χ0n) is 20.1. The van der Waals surface area contributed by atoms with E-state index in [1.54, 1.807) is 24.3 Å². The molecule has 1 aliphatic rings. The van der Waals surface area contributed by atoms with Crippen LogP contribution in [0.3, 0.4) is 0 Å². The van der Waals surface area contributed by atoms with Crippen molar-refractivity contribution in [3.8, 4) is 11.1 Å². The molecule has 5 nitrogen and oxygen atoms in total. The number of pyridine rings is 1. The van der Waals surface area contributed by atoms with Crippen molar-refractivity contribution in [3.05, 3.63) is 140 Å². The lowest BCUT2D eigenvalue weighted by Crippen LogP contribution is -2.27. The summed E-state index contributed by atoms with van der Waals surface area (Å²) in [6.45, 7) is 0. The first-order valence-electron chi connectivity index (χ1n) is 12.1. The second kappa shape index (κ2) is 10.0. The molecule has 186 valence electrons. The predicted molar refractivity (Wildman–Crippen MR) is 156 cm³/mol. The molecule has 0 radical (unpaired) electrons. The molecular weight excluding hydrogens is 562 g/mol. The molecule has 38 heavy (non-hydrogen) atoms. The summed E-state index contributed by atoms with van der Waals surface area (Å²) >= 11 is 9.64. The maximum Gasteiger partial charge on any atom is 0.274 e. The number of carbonyl (C=O) groups excluding carboxylic acids is 1. The van der Waals surface area contributed by atoms with Crippen molar-refractivity contribution in [2.45, 2.75) is 12.5 Å². The summed E-state index contributed by atoms with van der Waals surface area (Å²) in [5.74, 6) is -0.258. The van der Waals surface area contributed by atoms with Crippen molar-refractivity contribution >= 4 is 50.1 Å². The van der Waals surface area contributed by atoms with Gasteiger partial charge in [0, 0.05) is 37.9 Å². The standard InChI is InChI=1S/C31H21BrClN3O2/c32-22-13-16-25-24(17-22)28(20-9-5-2-6-10-20)29(30(37)34-25)26-18-27(19-7-3-1-4-8-19)36(35-26)31(38)21-11-14-23(33)15-12-21/h1-17,27H,18H2,(H,34,37)/t27-/m1/s1. The molecule has 7 heteroatoms. The summed E-state index contributed by atoms with van der Waals surface area (Å²) in [4.78, 5) is 30.4. The van der Waals surface area contributed by atoms with Crippen LogP contribution in [0.2, 0.25) is 5.02 Å². The monoisotopic (exact) mass is 581 g/mol. The third-order valence-electron chi connectivity index (χ3n) is 6.72. The van der Waals surface area contributed by atoms with E-state index in [4.69, 9.17) is 16.7 Å². The van der Waals surface area contributed by atoms with Crippen LogP contribution < -0.4 is 5.56 Å². The zero-order valence-corrected chi connectivity index (χ0v) is 22.4. The van der Waals surface area contributed by atoms with E-state index in [0.717, 1.165) is 32.1 Å². The first-order chi connectivity index (χ1) is 18.5. The molecule has 6 rings (SSSR count). The number of aromatic amines is 1. The van der Waals surface area contributed by atoms with E-state index in [1.807, 2.05) is 78.9 Å².